The van der Waals surface area contributed by atoms with Crippen molar-refractivity contribution >= 4 is 29.1 Å². The second-order valence-electron chi connectivity index (χ2n) is 7.11. The number of carbonyl (C=O) groups excluding carboxylic acids is 1. The van der Waals surface area contributed by atoms with Crippen LogP contribution in [0.25, 0.3) is 0 Å². The Bertz CT molecular complexity index is 1030. The van der Waals surface area contributed by atoms with Crippen molar-refractivity contribution in [2.45, 2.75) is 13.5 Å². The molecule has 170 valence electrons. The van der Waals surface area contributed by atoms with Gasteiger partial charge in [0.25, 0.3) is 5.91 Å². The van der Waals surface area contributed by atoms with Gasteiger partial charge in [-0.3, -0.25) is 20.3 Å². The molecule has 32 heavy (non-hydrogen) atoms. The molecule has 0 saturated heterocycles. The first kappa shape index (κ1) is 23.7. The Morgan fingerprint density at radius 1 is 1.34 bits per heavy atom. The highest BCUT2D eigenvalue weighted by molar-refractivity contribution is 6.33. The summed E-state index contributed by atoms with van der Waals surface area (Å²) in [6, 6.07) is 7.36. The van der Waals surface area contributed by atoms with Gasteiger partial charge in [-0.1, -0.05) is 35.3 Å². The third kappa shape index (κ3) is 5.26. The molecule has 1 N–H and O–H groups in total. The summed E-state index contributed by atoms with van der Waals surface area (Å²) in [5.41, 5.74) is 2.92. The van der Waals surface area contributed by atoms with Crippen LogP contribution in [-0.4, -0.2) is 57.4 Å². The highest BCUT2D eigenvalue weighted by atomic mass is 35.5. The van der Waals surface area contributed by atoms with Crippen LogP contribution in [0.3, 0.4) is 0 Å². The van der Waals surface area contributed by atoms with Crippen LogP contribution in [-0.2, 0) is 6.54 Å². The van der Waals surface area contributed by atoms with Crippen LogP contribution in [0.2, 0.25) is 10.2 Å². The molecule has 1 aromatic carbocycles. The number of rotatable bonds is 7. The SMILES string of the molecule is CCN(Cc1ccc(Cl)nc1)C1=C([N+](=O)[O-])CN(NC(=O)c2c(F)cccc2Cl)CN1C. The molecule has 2 heterocycles. The van der Waals surface area contributed by atoms with Crippen LogP contribution >= 0.6 is 23.2 Å². The molecule has 2 aromatic rings. The predicted octanol–water partition coefficient (Wildman–Crippen LogP) is 3.35. The number of halogens is 3. The first-order chi connectivity index (χ1) is 15.2. The minimum Gasteiger partial charge on any atom is -0.349 e. The molecule has 0 bridgehead atoms. The van der Waals surface area contributed by atoms with E-state index in [4.69, 9.17) is 23.2 Å². The fourth-order valence-corrected chi connectivity index (χ4v) is 3.81. The zero-order chi connectivity index (χ0) is 23.4. The highest BCUT2D eigenvalue weighted by Crippen LogP contribution is 2.24. The van der Waals surface area contributed by atoms with Crippen molar-refractivity contribution in [2.75, 3.05) is 26.8 Å². The molecule has 0 saturated carbocycles. The van der Waals surface area contributed by atoms with Gasteiger partial charge in [-0.05, 0) is 30.7 Å². The summed E-state index contributed by atoms with van der Waals surface area (Å²) < 4.78 is 14.1. The van der Waals surface area contributed by atoms with Gasteiger partial charge in [0, 0.05) is 26.3 Å². The maximum absolute atomic E-state index is 14.1. The van der Waals surface area contributed by atoms with E-state index < -0.39 is 16.6 Å². The molecule has 0 fully saturated rings. The van der Waals surface area contributed by atoms with Gasteiger partial charge in [-0.15, -0.1) is 0 Å². The molecule has 0 radical (unpaired) electrons. The minimum atomic E-state index is -0.785. The number of amides is 1. The average Bonchev–Trinajstić information content (AvgIpc) is 2.73. The highest BCUT2D eigenvalue weighted by Gasteiger charge is 2.35. The van der Waals surface area contributed by atoms with E-state index >= 15 is 0 Å². The molecule has 0 atom stereocenters. The van der Waals surface area contributed by atoms with Gasteiger partial charge < -0.3 is 9.80 Å². The van der Waals surface area contributed by atoms with E-state index in [0.29, 0.717) is 24.1 Å². The fourth-order valence-electron chi connectivity index (χ4n) is 3.45. The Morgan fingerprint density at radius 3 is 2.69 bits per heavy atom. The van der Waals surface area contributed by atoms with E-state index in [0.717, 1.165) is 11.6 Å². The van der Waals surface area contributed by atoms with E-state index in [1.54, 1.807) is 30.3 Å². The lowest BCUT2D eigenvalue weighted by Gasteiger charge is -2.39. The lowest BCUT2D eigenvalue weighted by Crippen LogP contribution is -2.54. The van der Waals surface area contributed by atoms with E-state index in [-0.39, 0.29) is 29.5 Å². The van der Waals surface area contributed by atoms with Crippen LogP contribution in [0.5, 0.6) is 0 Å². The number of aromatic nitrogens is 1. The maximum Gasteiger partial charge on any atom is 0.302 e. The summed E-state index contributed by atoms with van der Waals surface area (Å²) in [6.45, 7) is 2.72. The zero-order valence-electron chi connectivity index (χ0n) is 17.4. The molecule has 1 aliphatic heterocycles. The van der Waals surface area contributed by atoms with Crippen molar-refractivity contribution in [3.05, 3.63) is 85.3 Å². The fraction of sp³-hybridized carbons (Fsp3) is 0.300. The number of hydrazine groups is 1. The maximum atomic E-state index is 14.1. The van der Waals surface area contributed by atoms with Crippen molar-refractivity contribution in [3.8, 4) is 0 Å². The third-order valence-electron chi connectivity index (χ3n) is 4.86. The Hall–Kier alpha value is -2.95. The van der Waals surface area contributed by atoms with Crippen molar-refractivity contribution in [3.63, 3.8) is 0 Å². The van der Waals surface area contributed by atoms with Crippen LogP contribution < -0.4 is 5.43 Å². The predicted molar refractivity (Wildman–Crippen MR) is 118 cm³/mol. The number of pyridine rings is 1. The van der Waals surface area contributed by atoms with E-state index in [1.807, 2.05) is 11.8 Å². The lowest BCUT2D eigenvalue weighted by atomic mass is 10.2. The molecule has 3 rings (SSSR count). The third-order valence-corrected chi connectivity index (χ3v) is 5.39. The van der Waals surface area contributed by atoms with E-state index in [1.165, 1.54) is 17.1 Å². The molecule has 12 heteroatoms. The largest absolute Gasteiger partial charge is 0.349 e. The second-order valence-corrected chi connectivity index (χ2v) is 7.90. The molecule has 1 aliphatic rings. The lowest BCUT2D eigenvalue weighted by molar-refractivity contribution is -0.434. The van der Waals surface area contributed by atoms with Gasteiger partial charge in [0.2, 0.25) is 0 Å². The monoisotopic (exact) mass is 482 g/mol. The summed E-state index contributed by atoms with van der Waals surface area (Å²) >= 11 is 11.8. The Balaban J connectivity index is 1.84. The van der Waals surface area contributed by atoms with Crippen LogP contribution in [0.1, 0.15) is 22.8 Å². The van der Waals surface area contributed by atoms with Gasteiger partial charge in [0.05, 0.1) is 22.2 Å². The molecule has 1 aromatic heterocycles. The van der Waals surface area contributed by atoms with Crippen LogP contribution in [0.15, 0.2) is 48.0 Å². The summed E-state index contributed by atoms with van der Waals surface area (Å²) in [6.07, 6.45) is 1.62. The molecule has 9 nitrogen and oxygen atoms in total. The summed E-state index contributed by atoms with van der Waals surface area (Å²) in [4.78, 5) is 31.5. The molecular formula is C20H21Cl2FN6O3. The van der Waals surface area contributed by atoms with Gasteiger partial charge >= 0.3 is 5.70 Å². The first-order valence-electron chi connectivity index (χ1n) is 9.65. The van der Waals surface area contributed by atoms with Crippen LogP contribution in [0.4, 0.5) is 4.39 Å². The summed E-state index contributed by atoms with van der Waals surface area (Å²) in [5, 5.41) is 13.5. The standard InChI is InChI=1S/C20H21Cl2FN6O3/c1-3-27(10-13-7-8-17(22)24-9-13)20-16(29(31)32)11-28(12-26(20)2)25-19(30)18-14(21)5-4-6-15(18)23/h4-9H,3,10-12H2,1-2H3,(H,25,30). The van der Waals surface area contributed by atoms with Crippen molar-refractivity contribution in [2.24, 2.45) is 0 Å². The molecular weight excluding hydrogens is 462 g/mol. The minimum absolute atomic E-state index is 0.0488. The summed E-state index contributed by atoms with van der Waals surface area (Å²) in [7, 11) is 1.68. The molecule has 0 aliphatic carbocycles. The van der Waals surface area contributed by atoms with Crippen molar-refractivity contribution in [1.29, 1.82) is 0 Å². The van der Waals surface area contributed by atoms with Crippen molar-refractivity contribution < 1.29 is 14.1 Å². The molecule has 0 spiro atoms. The van der Waals surface area contributed by atoms with Crippen molar-refractivity contribution in [1.82, 2.24) is 25.2 Å². The number of carbonyl (C=O) groups is 1. The first-order valence-corrected chi connectivity index (χ1v) is 10.4. The Labute approximate surface area is 194 Å². The van der Waals surface area contributed by atoms with Gasteiger partial charge in [0.15, 0.2) is 5.82 Å². The smallest absolute Gasteiger partial charge is 0.302 e. The van der Waals surface area contributed by atoms with Gasteiger partial charge in [0.1, 0.15) is 17.5 Å². The Kier molecular flexibility index (Phi) is 7.49. The summed E-state index contributed by atoms with van der Waals surface area (Å²) in [5.74, 6) is -1.14. The van der Waals surface area contributed by atoms with Gasteiger partial charge in [-0.25, -0.2) is 9.37 Å². The number of nitrogens with zero attached hydrogens (tertiary/aromatic N) is 5. The number of nitrogens with one attached hydrogen (secondary N) is 1. The quantitative estimate of drug-likeness (QED) is 0.367. The van der Waals surface area contributed by atoms with Gasteiger partial charge in [-0.2, -0.15) is 5.01 Å². The number of hydrogen-bond donors (Lipinski definition) is 1. The second kappa shape index (κ2) is 10.1. The van der Waals surface area contributed by atoms with Crippen LogP contribution in [0, 0.1) is 15.9 Å². The normalized spacial score (nSPS) is 14.5. The zero-order valence-corrected chi connectivity index (χ0v) is 18.9. The molecule has 1 amide bonds. The van der Waals surface area contributed by atoms with E-state index in [9.17, 15) is 19.3 Å². The number of hydrogen-bond acceptors (Lipinski definition) is 7. The van der Waals surface area contributed by atoms with E-state index in [2.05, 4.69) is 10.4 Å². The Morgan fingerprint density at radius 2 is 2.09 bits per heavy atom. The average molecular weight is 483 g/mol. The molecule has 0 unspecified atom stereocenters. The number of nitro groups is 1. The topological polar surface area (TPSA) is 94.8 Å². The number of benzene rings is 1.